The normalized spacial score (nSPS) is 10.2. The molecule has 0 radical (unpaired) electrons. The van der Waals surface area contributed by atoms with Gasteiger partial charge in [-0.1, -0.05) is 6.92 Å². The van der Waals surface area contributed by atoms with Gasteiger partial charge in [0.25, 0.3) is 0 Å². The Balaban J connectivity index is 0. The molecular weight excluding hydrogens is 172 g/mol. The van der Waals surface area contributed by atoms with Gasteiger partial charge in [-0.15, -0.1) is 0 Å². The molecule has 0 unspecified atom stereocenters. The van der Waals surface area contributed by atoms with Gasteiger partial charge in [-0.05, 0) is 13.3 Å². The van der Waals surface area contributed by atoms with Gasteiger partial charge in [0, 0.05) is 6.61 Å². The summed E-state index contributed by atoms with van der Waals surface area (Å²) in [6.07, 6.45) is 0.569. The summed E-state index contributed by atoms with van der Waals surface area (Å²) in [5, 5.41) is 7.57. The first-order valence-corrected chi connectivity index (χ1v) is 4.57. The Morgan fingerprint density at radius 2 is 1.73 bits per heavy atom. The molecule has 0 saturated heterocycles. The molecule has 0 aromatic rings. The van der Waals surface area contributed by atoms with Gasteiger partial charge >= 0.3 is 10.4 Å². The van der Waals surface area contributed by atoms with Crippen LogP contribution in [0.1, 0.15) is 20.3 Å². The Morgan fingerprint density at radius 1 is 1.36 bits per heavy atom. The number of hydrogen-bond donors (Lipinski definition) is 2. The minimum absolute atomic E-state index is 0.0405. The molecule has 0 aliphatic heterocycles. The van der Waals surface area contributed by atoms with E-state index in [1.807, 2.05) is 0 Å². The summed E-state index contributed by atoms with van der Waals surface area (Å²) >= 11 is 0. The van der Waals surface area contributed by atoms with E-state index >= 15 is 0 Å². The highest BCUT2D eigenvalue weighted by Crippen LogP contribution is 1.86. The van der Waals surface area contributed by atoms with Crippen molar-refractivity contribution in [3.63, 3.8) is 0 Å². The molecule has 0 aliphatic rings. The average molecular weight is 186 g/mol. The van der Waals surface area contributed by atoms with Crippen molar-refractivity contribution >= 4 is 10.4 Å². The highest BCUT2D eigenvalue weighted by molar-refractivity contribution is 7.80. The summed E-state index contributed by atoms with van der Waals surface area (Å²) in [5.41, 5.74) is 0. The van der Waals surface area contributed by atoms with Crippen molar-refractivity contribution in [3.05, 3.63) is 0 Å². The van der Waals surface area contributed by atoms with Crippen LogP contribution in [0, 0.1) is 0 Å². The van der Waals surface area contributed by atoms with Crippen molar-refractivity contribution in [1.82, 2.24) is 0 Å². The van der Waals surface area contributed by atoms with Gasteiger partial charge in [-0.2, -0.15) is 8.42 Å². The number of rotatable bonds is 3. The monoisotopic (exact) mass is 186 g/mol. The minimum Gasteiger partial charge on any atom is -0.397 e. The zero-order chi connectivity index (χ0) is 9.33. The Hall–Kier alpha value is -0.170. The van der Waals surface area contributed by atoms with E-state index in [2.05, 4.69) is 4.18 Å². The van der Waals surface area contributed by atoms with Crippen LogP contribution in [0.5, 0.6) is 0 Å². The van der Waals surface area contributed by atoms with Crippen molar-refractivity contribution in [3.8, 4) is 0 Å². The highest BCUT2D eigenvalue weighted by Gasteiger charge is 1.99. The van der Waals surface area contributed by atoms with Crippen molar-refractivity contribution in [1.29, 1.82) is 0 Å². The van der Waals surface area contributed by atoms with E-state index in [1.165, 1.54) is 0 Å². The quantitative estimate of drug-likeness (QED) is 0.616. The number of aliphatic hydroxyl groups is 1. The van der Waals surface area contributed by atoms with Crippen LogP contribution >= 0.6 is 0 Å². The Kier molecular flexibility index (Phi) is 9.68. The van der Waals surface area contributed by atoms with Gasteiger partial charge in [-0.25, -0.2) is 4.18 Å². The standard InChI is InChI=1S/C3H8O4S.C2H6O/c1-2-3-7-8(4,5)6;1-2-3/h2-3H2,1H3,(H,4,5,6);3H,2H2,1H3. The van der Waals surface area contributed by atoms with E-state index in [-0.39, 0.29) is 13.2 Å². The molecule has 11 heavy (non-hydrogen) atoms. The fraction of sp³-hybridized carbons (Fsp3) is 1.00. The lowest BCUT2D eigenvalue weighted by atomic mass is 10.5. The smallest absolute Gasteiger partial charge is 0.397 e. The average Bonchev–Trinajstić information content (AvgIpc) is 1.84. The summed E-state index contributed by atoms with van der Waals surface area (Å²) in [6, 6.07) is 0. The summed E-state index contributed by atoms with van der Waals surface area (Å²) in [5.74, 6) is 0. The van der Waals surface area contributed by atoms with Crippen LogP contribution in [0.3, 0.4) is 0 Å². The highest BCUT2D eigenvalue weighted by atomic mass is 32.3. The SMILES string of the molecule is CCCOS(=O)(=O)O.CCO. The molecular formula is C5H14O5S. The first kappa shape index (κ1) is 13.4. The van der Waals surface area contributed by atoms with Crippen LogP contribution in [-0.2, 0) is 14.6 Å². The molecule has 2 N–H and O–H groups in total. The second kappa shape index (κ2) is 7.93. The largest absolute Gasteiger partial charge is 0.397 e. The second-order valence-electron chi connectivity index (χ2n) is 1.57. The van der Waals surface area contributed by atoms with Gasteiger partial charge in [0.1, 0.15) is 0 Å². The predicted molar refractivity (Wildman–Crippen MR) is 40.6 cm³/mol. The Bertz CT molecular complexity index is 150. The molecule has 0 saturated carbocycles. The number of aliphatic hydroxyl groups excluding tert-OH is 1. The minimum atomic E-state index is -4.19. The molecule has 0 amide bonds. The lowest BCUT2D eigenvalue weighted by Gasteiger charge is -1.92. The summed E-state index contributed by atoms with van der Waals surface area (Å²) < 4.78 is 31.3. The molecule has 0 heterocycles. The van der Waals surface area contributed by atoms with E-state index in [4.69, 9.17) is 9.66 Å². The predicted octanol–water partition coefficient (Wildman–Crippen LogP) is 0.214. The molecule has 0 rings (SSSR count). The lowest BCUT2D eigenvalue weighted by Crippen LogP contribution is -2.03. The van der Waals surface area contributed by atoms with E-state index in [0.29, 0.717) is 6.42 Å². The third-order valence-electron chi connectivity index (χ3n) is 0.436. The Morgan fingerprint density at radius 3 is 1.82 bits per heavy atom. The van der Waals surface area contributed by atoms with E-state index in [1.54, 1.807) is 13.8 Å². The zero-order valence-electron chi connectivity index (χ0n) is 6.65. The van der Waals surface area contributed by atoms with Gasteiger partial charge < -0.3 is 5.11 Å². The van der Waals surface area contributed by atoms with E-state index < -0.39 is 10.4 Å². The van der Waals surface area contributed by atoms with Crippen molar-refractivity contribution in [2.75, 3.05) is 13.2 Å². The molecule has 0 atom stereocenters. The first-order chi connectivity index (χ1) is 4.97. The van der Waals surface area contributed by atoms with Crippen molar-refractivity contribution < 1.29 is 22.3 Å². The van der Waals surface area contributed by atoms with E-state index in [0.717, 1.165) is 0 Å². The molecule has 70 valence electrons. The van der Waals surface area contributed by atoms with Crippen LogP contribution in [0.15, 0.2) is 0 Å². The topological polar surface area (TPSA) is 83.8 Å². The molecule has 0 fully saturated rings. The molecule has 0 aromatic heterocycles. The number of hydrogen-bond acceptors (Lipinski definition) is 4. The van der Waals surface area contributed by atoms with Crippen molar-refractivity contribution in [2.45, 2.75) is 20.3 Å². The van der Waals surface area contributed by atoms with Crippen LogP contribution < -0.4 is 0 Å². The third-order valence-corrected chi connectivity index (χ3v) is 0.901. The Labute approximate surface area is 67.0 Å². The summed E-state index contributed by atoms with van der Waals surface area (Å²) in [4.78, 5) is 0. The molecule has 0 bridgehead atoms. The molecule has 6 heteroatoms. The fourth-order valence-corrected chi connectivity index (χ4v) is 0.566. The van der Waals surface area contributed by atoms with Gasteiger partial charge in [0.15, 0.2) is 0 Å². The fourth-order valence-electron chi connectivity index (χ4n) is 0.189. The third kappa shape index (κ3) is 25.8. The lowest BCUT2D eigenvalue weighted by molar-refractivity contribution is 0.269. The summed E-state index contributed by atoms with van der Waals surface area (Å²) in [6.45, 7) is 3.71. The van der Waals surface area contributed by atoms with Gasteiger partial charge in [0.05, 0.1) is 6.61 Å². The molecule has 5 nitrogen and oxygen atoms in total. The zero-order valence-corrected chi connectivity index (χ0v) is 7.47. The van der Waals surface area contributed by atoms with Crippen LogP contribution in [0.25, 0.3) is 0 Å². The van der Waals surface area contributed by atoms with Crippen LogP contribution in [-0.4, -0.2) is 31.3 Å². The molecule has 0 aromatic carbocycles. The molecule has 0 spiro atoms. The van der Waals surface area contributed by atoms with E-state index in [9.17, 15) is 8.42 Å². The first-order valence-electron chi connectivity index (χ1n) is 3.20. The van der Waals surface area contributed by atoms with Crippen molar-refractivity contribution in [2.24, 2.45) is 0 Å². The van der Waals surface area contributed by atoms with Gasteiger partial charge in [-0.3, -0.25) is 4.55 Å². The maximum atomic E-state index is 9.72. The van der Waals surface area contributed by atoms with Crippen LogP contribution in [0.4, 0.5) is 0 Å². The summed E-state index contributed by atoms with van der Waals surface area (Å²) in [7, 11) is -4.19. The molecule has 0 aliphatic carbocycles. The maximum Gasteiger partial charge on any atom is 0.397 e. The second-order valence-corrected chi connectivity index (χ2v) is 2.66. The van der Waals surface area contributed by atoms with Gasteiger partial charge in [0.2, 0.25) is 0 Å². The van der Waals surface area contributed by atoms with Crippen LogP contribution in [0.2, 0.25) is 0 Å². The maximum absolute atomic E-state index is 9.72.